The van der Waals surface area contributed by atoms with E-state index < -0.39 is 66.8 Å². The van der Waals surface area contributed by atoms with E-state index in [9.17, 15) is 38.8 Å². The number of hydrogen-bond donors (Lipinski definition) is 8. The molecule has 22 heteroatoms. The van der Waals surface area contributed by atoms with Crippen LogP contribution in [-0.2, 0) is 31.7 Å². The SMILES string of the molecule is N=C1N=CN(OP(=O)(O)OP(=O)(O)OP(=O)(O)O)C2C1N=CN2[C@@H]1O[C@H](CO)[C@@H](O)[C@H]1O. The van der Waals surface area contributed by atoms with Crippen LogP contribution in [0.25, 0.3) is 0 Å². The summed E-state index contributed by atoms with van der Waals surface area (Å²) < 4.78 is 51.7. The Balaban J connectivity index is 1.81. The van der Waals surface area contributed by atoms with E-state index in [0.29, 0.717) is 11.4 Å². The Morgan fingerprint density at radius 1 is 1.06 bits per heavy atom. The van der Waals surface area contributed by atoms with Crippen LogP contribution in [0.2, 0.25) is 0 Å². The minimum absolute atomic E-state index is 0.369. The molecule has 0 aromatic carbocycles. The normalized spacial score (nSPS) is 36.3. The summed E-state index contributed by atoms with van der Waals surface area (Å²) in [5.41, 5.74) is 0. The van der Waals surface area contributed by atoms with Gasteiger partial charge in [0, 0.05) is 0 Å². The van der Waals surface area contributed by atoms with Crippen LogP contribution in [0.5, 0.6) is 0 Å². The Labute approximate surface area is 178 Å². The zero-order chi connectivity index (χ0) is 24.1. The van der Waals surface area contributed by atoms with Gasteiger partial charge in [-0.3, -0.25) is 10.4 Å². The van der Waals surface area contributed by atoms with Crippen molar-refractivity contribution in [2.75, 3.05) is 6.61 Å². The van der Waals surface area contributed by atoms with Gasteiger partial charge >= 0.3 is 23.5 Å². The van der Waals surface area contributed by atoms with Crippen LogP contribution >= 0.6 is 23.5 Å². The molecule has 8 atom stereocenters. The van der Waals surface area contributed by atoms with Gasteiger partial charge in [-0.05, 0) is 0 Å². The fraction of sp³-hybridized carbons (Fsp3) is 0.700. The number of amidine groups is 1. The number of rotatable bonds is 8. The molecule has 0 amide bonds. The van der Waals surface area contributed by atoms with Crippen molar-refractivity contribution in [3.05, 3.63) is 0 Å². The van der Waals surface area contributed by atoms with Crippen molar-refractivity contribution in [3.63, 3.8) is 0 Å². The molecule has 0 aliphatic carbocycles. The van der Waals surface area contributed by atoms with Crippen LogP contribution in [0.15, 0.2) is 9.98 Å². The second kappa shape index (κ2) is 8.90. The van der Waals surface area contributed by atoms with E-state index in [1.54, 1.807) is 0 Å². The van der Waals surface area contributed by atoms with Gasteiger partial charge in [0.1, 0.15) is 24.7 Å². The maximum absolute atomic E-state index is 12.2. The van der Waals surface area contributed by atoms with Gasteiger partial charge in [-0.1, -0.05) is 0 Å². The number of aliphatic hydroxyl groups is 3. The lowest BCUT2D eigenvalue weighted by Crippen LogP contribution is -2.58. The molecular weight excluding hydrogens is 507 g/mol. The lowest BCUT2D eigenvalue weighted by Gasteiger charge is -2.39. The van der Waals surface area contributed by atoms with Crippen molar-refractivity contribution in [2.45, 2.75) is 36.7 Å². The highest BCUT2D eigenvalue weighted by molar-refractivity contribution is 7.66. The Morgan fingerprint density at radius 3 is 2.28 bits per heavy atom. The number of ether oxygens (including phenoxy) is 1. The average molecular weight is 525 g/mol. The van der Waals surface area contributed by atoms with Gasteiger partial charge in [0.15, 0.2) is 24.3 Å². The first kappa shape index (κ1) is 25.5. The molecule has 182 valence electrons. The van der Waals surface area contributed by atoms with Crippen molar-refractivity contribution in [2.24, 2.45) is 9.98 Å². The summed E-state index contributed by atoms with van der Waals surface area (Å²) in [7, 11) is -17.0. The molecule has 0 radical (unpaired) electrons. The summed E-state index contributed by atoms with van der Waals surface area (Å²) in [6.45, 7) is -0.656. The average Bonchev–Trinajstić information content (AvgIpc) is 3.17. The van der Waals surface area contributed by atoms with E-state index in [0.717, 1.165) is 11.2 Å². The zero-order valence-electron chi connectivity index (χ0n) is 15.4. The maximum atomic E-state index is 12.2. The van der Waals surface area contributed by atoms with E-state index in [1.807, 2.05) is 0 Å². The molecule has 0 saturated carbocycles. The van der Waals surface area contributed by atoms with Gasteiger partial charge < -0.3 is 44.5 Å². The van der Waals surface area contributed by atoms with Gasteiger partial charge in [0.25, 0.3) is 0 Å². The molecule has 3 aliphatic rings. The number of aliphatic imine (C=N–C) groups is 2. The van der Waals surface area contributed by atoms with Gasteiger partial charge in [-0.15, -0.1) is 0 Å². The molecule has 32 heavy (non-hydrogen) atoms. The molecule has 4 unspecified atom stereocenters. The van der Waals surface area contributed by atoms with E-state index in [1.165, 1.54) is 0 Å². The van der Waals surface area contributed by atoms with Crippen LogP contribution in [0, 0.1) is 5.41 Å². The summed E-state index contributed by atoms with van der Waals surface area (Å²) in [6, 6.07) is -1.20. The quantitative estimate of drug-likeness (QED) is 0.147. The van der Waals surface area contributed by atoms with Crippen LogP contribution in [0.4, 0.5) is 0 Å². The first-order chi connectivity index (χ1) is 14.6. The van der Waals surface area contributed by atoms with Gasteiger partial charge in [0.05, 0.1) is 12.9 Å². The molecule has 19 nitrogen and oxygen atoms in total. The predicted octanol–water partition coefficient (Wildman–Crippen LogP) is -2.96. The zero-order valence-corrected chi connectivity index (χ0v) is 18.1. The summed E-state index contributed by atoms with van der Waals surface area (Å²) in [5, 5.41) is 37.7. The minimum Gasteiger partial charge on any atom is -0.394 e. The van der Waals surface area contributed by atoms with Crippen molar-refractivity contribution >= 4 is 42.0 Å². The van der Waals surface area contributed by atoms with Crippen molar-refractivity contribution in [3.8, 4) is 0 Å². The molecular formula is C10H18N5O14P3. The second-order valence-electron chi connectivity index (χ2n) is 6.46. The third kappa shape index (κ3) is 5.49. The topological polar surface area (TPSA) is 285 Å². The maximum Gasteiger partial charge on any atom is 0.502 e. The molecule has 0 aromatic rings. The number of fused-ring (bicyclic) bond motifs is 1. The van der Waals surface area contributed by atoms with Crippen molar-refractivity contribution in [1.29, 1.82) is 5.41 Å². The van der Waals surface area contributed by atoms with E-state index in [2.05, 4.69) is 23.2 Å². The summed E-state index contributed by atoms with van der Waals surface area (Å²) in [5.74, 6) is -0.369. The highest BCUT2D eigenvalue weighted by Gasteiger charge is 2.53. The van der Waals surface area contributed by atoms with Gasteiger partial charge in [0.2, 0.25) is 0 Å². The molecule has 8 N–H and O–H groups in total. The van der Waals surface area contributed by atoms with Crippen LogP contribution < -0.4 is 0 Å². The molecule has 1 fully saturated rings. The number of nitrogens with zero attached hydrogens (tertiary/aromatic N) is 4. The number of hydroxylamine groups is 2. The van der Waals surface area contributed by atoms with Crippen LogP contribution in [-0.4, -0.2) is 107 Å². The van der Waals surface area contributed by atoms with Crippen LogP contribution in [0.3, 0.4) is 0 Å². The molecule has 1 saturated heterocycles. The first-order valence-corrected chi connectivity index (χ1v) is 12.8. The lowest BCUT2D eigenvalue weighted by atomic mass is 10.1. The van der Waals surface area contributed by atoms with E-state index >= 15 is 0 Å². The smallest absolute Gasteiger partial charge is 0.394 e. The Kier molecular flexibility index (Phi) is 7.09. The highest BCUT2D eigenvalue weighted by Crippen LogP contribution is 2.66. The summed E-state index contributed by atoms with van der Waals surface area (Å²) in [4.78, 5) is 44.8. The van der Waals surface area contributed by atoms with Crippen molar-refractivity contribution in [1.82, 2.24) is 9.96 Å². The summed E-state index contributed by atoms with van der Waals surface area (Å²) >= 11 is 0. The second-order valence-corrected chi connectivity index (χ2v) is 10.8. The van der Waals surface area contributed by atoms with Crippen molar-refractivity contribution < 1.29 is 66.6 Å². The largest absolute Gasteiger partial charge is 0.502 e. The molecule has 0 aromatic heterocycles. The van der Waals surface area contributed by atoms with Gasteiger partial charge in [-0.2, -0.15) is 13.2 Å². The molecule has 3 heterocycles. The number of phosphoric acid groups is 3. The monoisotopic (exact) mass is 525 g/mol. The third-order valence-corrected chi connectivity index (χ3v) is 7.95. The number of hydrogen-bond acceptors (Lipinski definition) is 14. The molecule has 3 aliphatic heterocycles. The third-order valence-electron chi connectivity index (χ3n) is 4.22. The molecule has 0 bridgehead atoms. The standard InChI is InChI=1S/C10H18N5O14P3/c11-8-5-9(14(2-12-5)10-7(18)6(17)4(1-16)26-10)15(3-13-8)27-31(22,23)29-32(24,25)28-30(19,20)21/h2-7,9-11,16-18H,1H2,(H,22,23)(H,24,25)(H2,19,20,21)/t4-,5?,6-,7-,9?,10-/m1/s1. The Morgan fingerprint density at radius 2 is 1.72 bits per heavy atom. The number of nitrogens with one attached hydrogen (secondary N) is 1. The summed E-state index contributed by atoms with van der Waals surface area (Å²) in [6.07, 6.45) is -5.33. The fourth-order valence-electron chi connectivity index (χ4n) is 3.03. The molecule has 0 spiro atoms. The Hall–Kier alpha value is -1.14. The Bertz CT molecular complexity index is 955. The van der Waals surface area contributed by atoms with E-state index in [-0.39, 0.29) is 5.84 Å². The minimum atomic E-state index is -5.79. The first-order valence-electron chi connectivity index (χ1n) is 8.32. The highest BCUT2D eigenvalue weighted by atomic mass is 31.3. The van der Waals surface area contributed by atoms with Crippen LogP contribution in [0.1, 0.15) is 0 Å². The fourth-order valence-corrected chi connectivity index (χ4v) is 6.03. The molecule has 3 rings (SSSR count). The van der Waals surface area contributed by atoms with Gasteiger partial charge in [-0.25, -0.2) is 23.8 Å². The van der Waals surface area contributed by atoms with E-state index in [4.69, 9.17) is 19.9 Å². The predicted molar refractivity (Wildman–Crippen MR) is 98.7 cm³/mol. The number of aliphatic hydroxyl groups excluding tert-OH is 3. The lowest BCUT2D eigenvalue weighted by molar-refractivity contribution is -0.140.